The highest BCUT2D eigenvalue weighted by Crippen LogP contribution is 2.31. The zero-order valence-electron chi connectivity index (χ0n) is 8.99. The molecule has 0 bridgehead atoms. The molecule has 0 aliphatic heterocycles. The molecule has 0 radical (unpaired) electrons. The van der Waals surface area contributed by atoms with Crippen molar-refractivity contribution in [3.8, 4) is 16.9 Å². The Morgan fingerprint density at radius 3 is 2.20 bits per heavy atom. The minimum atomic E-state index is 0.399. The van der Waals surface area contributed by atoms with E-state index in [1.54, 1.807) is 0 Å². The fourth-order valence-corrected chi connectivity index (χ4v) is 1.77. The van der Waals surface area contributed by atoms with Gasteiger partial charge in [0.1, 0.15) is 5.75 Å². The first-order valence-electron chi connectivity index (χ1n) is 5.04. The van der Waals surface area contributed by atoms with E-state index < -0.39 is 0 Å². The maximum Gasteiger partial charge on any atom is 0.122 e. The molecule has 2 aromatic rings. The van der Waals surface area contributed by atoms with Crippen molar-refractivity contribution in [3.05, 3.63) is 53.6 Å². The van der Waals surface area contributed by atoms with Gasteiger partial charge in [-0.3, -0.25) is 0 Å². The largest absolute Gasteiger partial charge is 0.507 e. The first kappa shape index (κ1) is 9.78. The van der Waals surface area contributed by atoms with Gasteiger partial charge in [-0.2, -0.15) is 0 Å². The van der Waals surface area contributed by atoms with Gasteiger partial charge in [-0.1, -0.05) is 42.5 Å². The Labute approximate surface area is 90.0 Å². The smallest absolute Gasteiger partial charge is 0.122 e. The molecule has 1 N–H and O–H groups in total. The fourth-order valence-electron chi connectivity index (χ4n) is 1.77. The first-order chi connectivity index (χ1) is 7.20. The van der Waals surface area contributed by atoms with Crippen LogP contribution in [0.1, 0.15) is 11.1 Å². The monoisotopic (exact) mass is 198 g/mol. The normalized spacial score (nSPS) is 10.3. The molecule has 0 fully saturated rings. The predicted molar refractivity (Wildman–Crippen MR) is 63.0 cm³/mol. The van der Waals surface area contributed by atoms with Crippen LogP contribution in [-0.4, -0.2) is 5.11 Å². The van der Waals surface area contributed by atoms with Gasteiger partial charge in [0.05, 0.1) is 0 Å². The zero-order valence-corrected chi connectivity index (χ0v) is 8.99. The van der Waals surface area contributed by atoms with Crippen molar-refractivity contribution in [1.29, 1.82) is 0 Å². The summed E-state index contributed by atoms with van der Waals surface area (Å²) in [7, 11) is 0. The molecule has 0 aliphatic carbocycles. The van der Waals surface area contributed by atoms with Gasteiger partial charge >= 0.3 is 0 Å². The van der Waals surface area contributed by atoms with Crippen molar-refractivity contribution >= 4 is 0 Å². The van der Waals surface area contributed by atoms with Crippen LogP contribution in [-0.2, 0) is 0 Å². The Kier molecular flexibility index (Phi) is 2.46. The number of hydrogen-bond acceptors (Lipinski definition) is 1. The number of phenols is 1. The van der Waals surface area contributed by atoms with Crippen molar-refractivity contribution in [2.75, 3.05) is 0 Å². The molecule has 0 atom stereocenters. The van der Waals surface area contributed by atoms with Crippen LogP contribution >= 0.6 is 0 Å². The Bertz CT molecular complexity index is 472. The summed E-state index contributed by atoms with van der Waals surface area (Å²) >= 11 is 0. The molecule has 1 heteroatoms. The van der Waals surface area contributed by atoms with Crippen LogP contribution in [0.4, 0.5) is 0 Å². The summed E-state index contributed by atoms with van der Waals surface area (Å²) in [5.74, 6) is 0.399. The summed E-state index contributed by atoms with van der Waals surface area (Å²) in [5.41, 5.74) is 4.11. The minimum absolute atomic E-state index is 0.399. The first-order valence-corrected chi connectivity index (χ1v) is 5.04. The van der Waals surface area contributed by atoms with Gasteiger partial charge < -0.3 is 5.11 Å². The summed E-state index contributed by atoms with van der Waals surface area (Å²) in [6.45, 7) is 3.86. The van der Waals surface area contributed by atoms with E-state index in [0.717, 1.165) is 22.3 Å². The van der Waals surface area contributed by atoms with E-state index >= 15 is 0 Å². The summed E-state index contributed by atoms with van der Waals surface area (Å²) < 4.78 is 0. The Hall–Kier alpha value is -1.76. The third-order valence-corrected chi connectivity index (χ3v) is 2.72. The van der Waals surface area contributed by atoms with Gasteiger partial charge in [-0.05, 0) is 36.1 Å². The summed E-state index contributed by atoms with van der Waals surface area (Å²) in [6, 6.07) is 14.1. The molecule has 0 spiro atoms. The Morgan fingerprint density at radius 2 is 1.53 bits per heavy atom. The molecule has 2 aromatic carbocycles. The lowest BCUT2D eigenvalue weighted by Crippen LogP contribution is -1.86. The second-order valence-corrected chi connectivity index (χ2v) is 3.77. The summed E-state index contributed by atoms with van der Waals surface area (Å²) in [4.78, 5) is 0. The fraction of sp³-hybridized carbons (Fsp3) is 0.143. The van der Waals surface area contributed by atoms with Crippen LogP contribution in [0.2, 0.25) is 0 Å². The van der Waals surface area contributed by atoms with Crippen LogP contribution in [0, 0.1) is 13.8 Å². The van der Waals surface area contributed by atoms with Crippen molar-refractivity contribution in [3.63, 3.8) is 0 Å². The third kappa shape index (κ3) is 1.73. The molecule has 0 aromatic heterocycles. The number of benzene rings is 2. The average Bonchev–Trinajstić information content (AvgIpc) is 2.27. The lowest BCUT2D eigenvalue weighted by molar-refractivity contribution is 0.467. The van der Waals surface area contributed by atoms with Crippen molar-refractivity contribution in [1.82, 2.24) is 0 Å². The quantitative estimate of drug-likeness (QED) is 0.741. The molecule has 0 aliphatic rings. The highest BCUT2D eigenvalue weighted by Gasteiger charge is 2.06. The average molecular weight is 198 g/mol. The van der Waals surface area contributed by atoms with Gasteiger partial charge in [-0.15, -0.1) is 0 Å². The maximum atomic E-state index is 9.85. The van der Waals surface area contributed by atoms with Crippen molar-refractivity contribution in [2.45, 2.75) is 13.8 Å². The Balaban J connectivity index is 2.60. The van der Waals surface area contributed by atoms with Gasteiger partial charge in [0.15, 0.2) is 0 Å². The van der Waals surface area contributed by atoms with Crippen LogP contribution in [0.5, 0.6) is 5.75 Å². The molecule has 2 rings (SSSR count). The van der Waals surface area contributed by atoms with E-state index in [1.165, 1.54) is 0 Å². The number of hydrogen-bond donors (Lipinski definition) is 1. The standard InChI is InChI=1S/C14H14O/c1-10-8-9-13(11(2)14(10)15)12-6-4-3-5-7-12/h3-9,15H,1-2H3. The number of rotatable bonds is 1. The van der Waals surface area contributed by atoms with Gasteiger partial charge in [0.25, 0.3) is 0 Å². The molecule has 0 saturated carbocycles. The second-order valence-electron chi connectivity index (χ2n) is 3.77. The molecular weight excluding hydrogens is 184 g/mol. The highest BCUT2D eigenvalue weighted by atomic mass is 16.3. The molecule has 0 amide bonds. The molecule has 0 heterocycles. The lowest BCUT2D eigenvalue weighted by Gasteiger charge is -2.09. The van der Waals surface area contributed by atoms with E-state index in [1.807, 2.05) is 38.1 Å². The number of aryl methyl sites for hydroxylation is 1. The van der Waals surface area contributed by atoms with Crippen LogP contribution < -0.4 is 0 Å². The van der Waals surface area contributed by atoms with Gasteiger partial charge in [0, 0.05) is 0 Å². The molecular formula is C14H14O. The van der Waals surface area contributed by atoms with E-state index in [-0.39, 0.29) is 0 Å². The number of aromatic hydroxyl groups is 1. The molecule has 76 valence electrons. The SMILES string of the molecule is Cc1ccc(-c2ccccc2)c(C)c1O. The molecule has 0 saturated heterocycles. The second kappa shape index (κ2) is 3.77. The van der Waals surface area contributed by atoms with E-state index in [0.29, 0.717) is 5.75 Å². The van der Waals surface area contributed by atoms with Crippen LogP contribution in [0.15, 0.2) is 42.5 Å². The number of phenolic OH excluding ortho intramolecular Hbond substituents is 1. The minimum Gasteiger partial charge on any atom is -0.507 e. The Morgan fingerprint density at radius 1 is 0.867 bits per heavy atom. The topological polar surface area (TPSA) is 20.2 Å². The molecule has 15 heavy (non-hydrogen) atoms. The van der Waals surface area contributed by atoms with Crippen molar-refractivity contribution in [2.24, 2.45) is 0 Å². The molecule has 1 nitrogen and oxygen atoms in total. The summed E-state index contributed by atoms with van der Waals surface area (Å²) in [6.07, 6.45) is 0. The highest BCUT2D eigenvalue weighted by molar-refractivity contribution is 5.70. The summed E-state index contributed by atoms with van der Waals surface area (Å²) in [5, 5.41) is 9.85. The van der Waals surface area contributed by atoms with Gasteiger partial charge in [-0.25, -0.2) is 0 Å². The van der Waals surface area contributed by atoms with E-state index in [4.69, 9.17) is 0 Å². The third-order valence-electron chi connectivity index (χ3n) is 2.72. The van der Waals surface area contributed by atoms with Crippen molar-refractivity contribution < 1.29 is 5.11 Å². The zero-order chi connectivity index (χ0) is 10.8. The van der Waals surface area contributed by atoms with Gasteiger partial charge in [0.2, 0.25) is 0 Å². The molecule has 0 unspecified atom stereocenters. The predicted octanol–water partition coefficient (Wildman–Crippen LogP) is 3.68. The lowest BCUT2D eigenvalue weighted by atomic mass is 9.98. The van der Waals surface area contributed by atoms with E-state index in [2.05, 4.69) is 18.2 Å². The van der Waals surface area contributed by atoms with Crippen LogP contribution in [0.3, 0.4) is 0 Å². The maximum absolute atomic E-state index is 9.85. The van der Waals surface area contributed by atoms with E-state index in [9.17, 15) is 5.11 Å². The van der Waals surface area contributed by atoms with Crippen LogP contribution in [0.25, 0.3) is 11.1 Å².